The summed E-state index contributed by atoms with van der Waals surface area (Å²) in [5, 5.41) is 62.7. The Morgan fingerprint density at radius 1 is 0.529 bits per heavy atom. The molecule has 0 saturated heterocycles. The molecule has 0 aliphatic rings. The second-order valence-corrected chi connectivity index (χ2v) is 14.8. The second kappa shape index (κ2) is 25.8. The van der Waals surface area contributed by atoms with Crippen molar-refractivity contribution in [1.82, 2.24) is 50.4 Å². The number of nitrogens with zero attached hydrogens (tertiary/aromatic N) is 6. The molecule has 0 bridgehead atoms. The minimum Gasteiger partial charge on any atom is -0.481 e. The lowest BCUT2D eigenvalue weighted by molar-refractivity contribution is -0.137. The number of hydrogen-bond donors (Lipinski definition) is 10. The summed E-state index contributed by atoms with van der Waals surface area (Å²) in [7, 11) is 0. The van der Waals surface area contributed by atoms with E-state index in [9.17, 15) is 68.8 Å². The first-order valence-corrected chi connectivity index (χ1v) is 21.0. The molecular weight excluding hydrogens is 899 g/mol. The number of carboxylic acid groups (broad SMARTS) is 1. The molecule has 0 fully saturated rings. The predicted molar refractivity (Wildman–Crippen MR) is 237 cm³/mol. The topological polar surface area (TPSA) is 367 Å². The fourth-order valence-corrected chi connectivity index (χ4v) is 6.41. The van der Waals surface area contributed by atoms with Gasteiger partial charge in [0, 0.05) is 76.4 Å². The van der Waals surface area contributed by atoms with Gasteiger partial charge >= 0.3 is 5.97 Å². The van der Waals surface area contributed by atoms with E-state index in [0.717, 1.165) is 24.3 Å². The first-order chi connectivity index (χ1) is 32.5. The van der Waals surface area contributed by atoms with Crippen molar-refractivity contribution in [2.45, 2.75) is 44.6 Å². The third-order valence-electron chi connectivity index (χ3n) is 9.98. The second-order valence-electron chi connectivity index (χ2n) is 14.8. The summed E-state index contributed by atoms with van der Waals surface area (Å²) in [6.07, 6.45) is 0.642. The van der Waals surface area contributed by atoms with E-state index in [0.29, 0.717) is 12.8 Å². The number of aromatic nitrogens is 4. The van der Waals surface area contributed by atoms with E-state index in [4.69, 9.17) is 10.1 Å². The highest BCUT2D eigenvalue weighted by Crippen LogP contribution is 2.08. The highest BCUT2D eigenvalue weighted by atomic mass is 16.5. The van der Waals surface area contributed by atoms with Crippen molar-refractivity contribution in [3.63, 3.8) is 0 Å². The Morgan fingerprint density at radius 3 is 1.43 bits per heavy atom. The monoisotopic (exact) mass is 949 g/mol. The molecule has 4 aromatic heterocycles. The molecule has 4 aromatic rings. The number of amides is 5. The lowest BCUT2D eigenvalue weighted by Crippen LogP contribution is -2.47. The Hall–Kier alpha value is -8.55. The first-order valence-electron chi connectivity index (χ1n) is 21.0. The number of carboxylic acids is 1. The summed E-state index contributed by atoms with van der Waals surface area (Å²) < 4.78 is 0.604. The molecule has 1 atom stereocenters. The highest BCUT2D eigenvalue weighted by molar-refractivity contribution is 6.01. The van der Waals surface area contributed by atoms with E-state index >= 15 is 0 Å². The van der Waals surface area contributed by atoms with Crippen molar-refractivity contribution in [2.75, 3.05) is 52.4 Å². The number of hydrogen-bond acceptors (Lipinski definition) is 16. The molecule has 4 heterocycles. The van der Waals surface area contributed by atoms with Gasteiger partial charge in [-0.25, -0.2) is 0 Å². The number of carbonyl (C=O) groups is 6. The lowest BCUT2D eigenvalue weighted by Gasteiger charge is -2.24. The summed E-state index contributed by atoms with van der Waals surface area (Å²) in [6, 6.07) is 12.9. The normalized spacial score (nSPS) is 11.6. The fraction of sp³-hybridized carbons (Fsp3) is 0.357. The standard InChI is InChI=1S/C42H51N11O15/c54-33(13-7-18-38(59)60)44-19-2-1-8-27(48-42(64)32-12-6-17-37(58)53(32)68)28(26-47-41(63)31-11-5-16-36(57)52(31)67)43-20-23-49(24-21-45-39(61)29-9-3-14-34(55)50(29)65)25-22-46-40(62)30-10-4-15-35(56)51(30)66/h3-6,9-12,14-17,27,65-68H,1-2,7-8,13,18-26H2,(H,44,54)(H,45,61)(H,46,62)(H,47,63)(H,48,64)(H,59,60)/b43-28+. The largest absolute Gasteiger partial charge is 0.481 e. The molecule has 1 unspecified atom stereocenters. The van der Waals surface area contributed by atoms with Crippen molar-refractivity contribution in [3.8, 4) is 0 Å². The van der Waals surface area contributed by atoms with Crippen LogP contribution in [-0.4, -0.2) is 149 Å². The number of carbonyl (C=O) groups excluding carboxylic acids is 5. The van der Waals surface area contributed by atoms with Crippen molar-refractivity contribution in [3.05, 3.63) is 137 Å². The average Bonchev–Trinajstić information content (AvgIpc) is 3.30. The van der Waals surface area contributed by atoms with E-state index in [1.54, 1.807) is 4.90 Å². The van der Waals surface area contributed by atoms with E-state index in [-0.39, 0.29) is 113 Å². The highest BCUT2D eigenvalue weighted by Gasteiger charge is 2.24. The van der Waals surface area contributed by atoms with Crippen LogP contribution in [0.5, 0.6) is 0 Å². The molecule has 0 aromatic carbocycles. The van der Waals surface area contributed by atoms with Crippen molar-refractivity contribution in [2.24, 2.45) is 4.99 Å². The zero-order valence-electron chi connectivity index (χ0n) is 36.4. The van der Waals surface area contributed by atoms with Gasteiger partial charge in [-0.2, -0.15) is 0 Å². The number of aliphatic carboxylic acids is 1. The minimum absolute atomic E-state index is 0.0177. The van der Waals surface area contributed by atoms with Crippen molar-refractivity contribution in [1.29, 1.82) is 0 Å². The number of rotatable bonds is 26. The van der Waals surface area contributed by atoms with E-state index in [1.807, 2.05) is 0 Å². The van der Waals surface area contributed by atoms with Crippen LogP contribution >= 0.6 is 0 Å². The number of pyridine rings is 4. The van der Waals surface area contributed by atoms with Gasteiger partial charge < -0.3 is 52.5 Å². The third-order valence-corrected chi connectivity index (χ3v) is 9.98. The molecule has 68 heavy (non-hydrogen) atoms. The van der Waals surface area contributed by atoms with Gasteiger partial charge in [0.1, 0.15) is 22.8 Å². The Balaban J connectivity index is 1.61. The number of aliphatic imine (C=N–C) groups is 1. The third kappa shape index (κ3) is 15.6. The van der Waals surface area contributed by atoms with E-state index in [1.165, 1.54) is 48.5 Å². The maximum atomic E-state index is 13.6. The smallest absolute Gasteiger partial charge is 0.303 e. The van der Waals surface area contributed by atoms with Crippen LogP contribution in [0.4, 0.5) is 0 Å². The van der Waals surface area contributed by atoms with Crippen LogP contribution in [0.25, 0.3) is 0 Å². The van der Waals surface area contributed by atoms with Gasteiger partial charge in [-0.1, -0.05) is 24.3 Å². The van der Waals surface area contributed by atoms with Crippen LogP contribution in [0.3, 0.4) is 0 Å². The summed E-state index contributed by atoms with van der Waals surface area (Å²) >= 11 is 0. The van der Waals surface area contributed by atoms with Gasteiger partial charge in [0.2, 0.25) is 5.91 Å². The van der Waals surface area contributed by atoms with Gasteiger partial charge in [0.25, 0.3) is 45.9 Å². The molecule has 4 rings (SSSR count). The maximum absolute atomic E-state index is 13.6. The molecule has 26 nitrogen and oxygen atoms in total. The van der Waals surface area contributed by atoms with Gasteiger partial charge in [0.05, 0.1) is 24.8 Å². The molecule has 0 radical (unpaired) electrons. The van der Waals surface area contributed by atoms with Gasteiger partial charge in [-0.3, -0.25) is 57.8 Å². The zero-order valence-corrected chi connectivity index (χ0v) is 36.4. The van der Waals surface area contributed by atoms with Crippen LogP contribution in [0, 0.1) is 0 Å². The Morgan fingerprint density at radius 2 is 0.971 bits per heavy atom. The molecule has 364 valence electrons. The molecule has 0 saturated carbocycles. The lowest BCUT2D eigenvalue weighted by atomic mass is 10.0. The first kappa shape index (κ1) is 52.1. The molecule has 0 aliphatic heterocycles. The van der Waals surface area contributed by atoms with E-state index in [2.05, 4.69) is 26.6 Å². The van der Waals surface area contributed by atoms with Gasteiger partial charge in [-0.05, 0) is 49.9 Å². The SMILES string of the molecule is O=C(O)CCCC(=O)NCCCCC(NC(=O)c1cccc(=O)n1O)/C(CNC(=O)c1cccc(=O)n1O)=N/CCN(CCNC(=O)c1cccc(=O)n1O)CCNC(=O)c1cccc(=O)n1O. The van der Waals surface area contributed by atoms with Crippen molar-refractivity contribution >= 4 is 41.2 Å². The number of nitrogens with one attached hydrogen (secondary N) is 5. The maximum Gasteiger partial charge on any atom is 0.303 e. The van der Waals surface area contributed by atoms with Crippen LogP contribution in [-0.2, 0) is 9.59 Å². The van der Waals surface area contributed by atoms with Gasteiger partial charge in [0.15, 0.2) is 0 Å². The van der Waals surface area contributed by atoms with Crippen molar-refractivity contribution < 1.29 is 54.7 Å². The van der Waals surface area contributed by atoms with Crippen LogP contribution in [0.2, 0.25) is 0 Å². The molecule has 0 spiro atoms. The molecule has 10 N–H and O–H groups in total. The van der Waals surface area contributed by atoms with Crippen LogP contribution in [0.15, 0.2) is 97.0 Å². The minimum atomic E-state index is -1.06. The summed E-state index contributed by atoms with van der Waals surface area (Å²) in [4.78, 5) is 130. The summed E-state index contributed by atoms with van der Waals surface area (Å²) in [5.74, 6) is -4.87. The molecule has 5 amide bonds. The summed E-state index contributed by atoms with van der Waals surface area (Å²) in [5.41, 5.74) is -4.99. The Kier molecular flexibility index (Phi) is 19.8. The average molecular weight is 950 g/mol. The predicted octanol–water partition coefficient (Wildman–Crippen LogP) is -2.04. The zero-order chi connectivity index (χ0) is 49.8. The molecule has 0 aliphatic carbocycles. The number of unbranched alkanes of at least 4 members (excludes halogenated alkanes) is 1. The fourth-order valence-electron chi connectivity index (χ4n) is 6.41. The molecular formula is C42H51N11O15. The summed E-state index contributed by atoms with van der Waals surface area (Å²) in [6.45, 7) is -0.342. The van der Waals surface area contributed by atoms with Crippen LogP contribution in [0.1, 0.15) is 80.5 Å². The van der Waals surface area contributed by atoms with Crippen LogP contribution < -0.4 is 48.8 Å². The van der Waals surface area contributed by atoms with E-state index < -0.39 is 75.8 Å². The molecule has 26 heteroatoms. The Bertz CT molecular complexity index is 2650. The van der Waals surface area contributed by atoms with Gasteiger partial charge in [-0.15, -0.1) is 18.9 Å². The quantitative estimate of drug-likeness (QED) is 0.0184. The Labute approximate surface area is 384 Å².